The number of nitriles is 1. The summed E-state index contributed by atoms with van der Waals surface area (Å²) in [5.74, 6) is 0. The molecule has 0 aliphatic rings. The molecule has 0 N–H and O–H groups in total. The molecule has 0 atom stereocenters. The fourth-order valence-electron chi connectivity index (χ4n) is 1.06. The summed E-state index contributed by atoms with van der Waals surface area (Å²) in [5, 5.41) is 11.6. The number of hydrogen-bond donors (Lipinski definition) is 0. The minimum atomic E-state index is 0.783. The first kappa shape index (κ1) is 10.7. The number of fused-ring (bicyclic) bond motifs is 1. The lowest BCUT2D eigenvalue weighted by Gasteiger charge is -1.85. The average Bonchev–Trinajstić information content (AvgIpc) is 2.62. The van der Waals surface area contributed by atoms with Crippen molar-refractivity contribution in [3.05, 3.63) is 35.2 Å². The standard InChI is InChI=1S/C9H5NS.C3H8/c10-5-7-6-11-9-4-2-1-3-8(7)9;1-3-2/h1-4,6H;3H2,1-2H3. The van der Waals surface area contributed by atoms with Crippen LogP contribution in [0.25, 0.3) is 10.1 Å². The molecule has 2 rings (SSSR count). The molecular formula is C12H13NS. The Morgan fingerprint density at radius 1 is 1.29 bits per heavy atom. The van der Waals surface area contributed by atoms with Crippen molar-refractivity contribution in [2.45, 2.75) is 20.3 Å². The van der Waals surface area contributed by atoms with Gasteiger partial charge in [0, 0.05) is 15.5 Å². The first-order valence-electron chi connectivity index (χ1n) is 4.69. The van der Waals surface area contributed by atoms with Gasteiger partial charge in [-0.25, -0.2) is 0 Å². The Hall–Kier alpha value is -1.33. The van der Waals surface area contributed by atoms with E-state index in [2.05, 4.69) is 19.9 Å². The number of nitrogens with zero attached hydrogens (tertiary/aromatic N) is 1. The molecule has 0 amide bonds. The van der Waals surface area contributed by atoms with Crippen LogP contribution in [0, 0.1) is 11.3 Å². The van der Waals surface area contributed by atoms with Crippen molar-refractivity contribution in [3.8, 4) is 6.07 Å². The van der Waals surface area contributed by atoms with Gasteiger partial charge in [0.2, 0.25) is 0 Å². The monoisotopic (exact) mass is 203 g/mol. The molecule has 0 saturated carbocycles. The summed E-state index contributed by atoms with van der Waals surface area (Å²) in [7, 11) is 0. The Balaban J connectivity index is 0.000000293. The molecule has 72 valence electrons. The smallest absolute Gasteiger partial charge is 0.101 e. The molecule has 0 unspecified atom stereocenters. The highest BCUT2D eigenvalue weighted by molar-refractivity contribution is 7.17. The molecule has 1 nitrogen and oxygen atoms in total. The molecule has 1 aromatic carbocycles. The second-order valence-electron chi connectivity index (χ2n) is 2.96. The molecule has 0 fully saturated rings. The van der Waals surface area contributed by atoms with Crippen LogP contribution in [-0.2, 0) is 0 Å². The molecule has 1 heterocycles. The van der Waals surface area contributed by atoms with Crippen LogP contribution in [0.1, 0.15) is 25.8 Å². The minimum Gasteiger partial charge on any atom is -0.192 e. The van der Waals surface area contributed by atoms with E-state index in [9.17, 15) is 0 Å². The molecule has 0 spiro atoms. The highest BCUT2D eigenvalue weighted by atomic mass is 32.1. The summed E-state index contributed by atoms with van der Waals surface area (Å²) >= 11 is 1.62. The average molecular weight is 203 g/mol. The van der Waals surface area contributed by atoms with Gasteiger partial charge in [0.25, 0.3) is 0 Å². The van der Waals surface area contributed by atoms with E-state index in [4.69, 9.17) is 5.26 Å². The zero-order chi connectivity index (χ0) is 10.4. The fourth-order valence-corrected chi connectivity index (χ4v) is 1.95. The summed E-state index contributed by atoms with van der Waals surface area (Å²) in [6.07, 6.45) is 1.25. The van der Waals surface area contributed by atoms with Crippen LogP contribution < -0.4 is 0 Å². The summed E-state index contributed by atoms with van der Waals surface area (Å²) in [5.41, 5.74) is 0.783. The van der Waals surface area contributed by atoms with E-state index in [-0.39, 0.29) is 0 Å². The van der Waals surface area contributed by atoms with E-state index >= 15 is 0 Å². The van der Waals surface area contributed by atoms with Crippen LogP contribution in [0.4, 0.5) is 0 Å². The maximum Gasteiger partial charge on any atom is 0.101 e. The van der Waals surface area contributed by atoms with Gasteiger partial charge in [0.15, 0.2) is 0 Å². The summed E-state index contributed by atoms with van der Waals surface area (Å²) in [6.45, 7) is 4.25. The van der Waals surface area contributed by atoms with E-state index in [1.807, 2.05) is 29.6 Å². The van der Waals surface area contributed by atoms with Crippen LogP contribution in [0.3, 0.4) is 0 Å². The molecule has 1 aromatic heterocycles. The third kappa shape index (κ3) is 2.34. The Morgan fingerprint density at radius 3 is 2.57 bits per heavy atom. The Morgan fingerprint density at radius 2 is 1.93 bits per heavy atom. The lowest BCUT2D eigenvalue weighted by molar-refractivity contribution is 1.09. The second-order valence-corrected chi connectivity index (χ2v) is 3.88. The highest BCUT2D eigenvalue weighted by Crippen LogP contribution is 2.24. The number of hydrogen-bond acceptors (Lipinski definition) is 2. The van der Waals surface area contributed by atoms with Crippen LogP contribution in [0.2, 0.25) is 0 Å². The van der Waals surface area contributed by atoms with E-state index in [0.717, 1.165) is 10.9 Å². The summed E-state index contributed by atoms with van der Waals surface area (Å²) < 4.78 is 1.18. The first-order valence-corrected chi connectivity index (χ1v) is 5.57. The third-order valence-corrected chi connectivity index (χ3v) is 2.56. The van der Waals surface area contributed by atoms with Gasteiger partial charge in [0.1, 0.15) is 6.07 Å². The normalized spacial score (nSPS) is 8.93. The molecule has 0 radical (unpaired) electrons. The zero-order valence-corrected chi connectivity index (χ0v) is 9.27. The van der Waals surface area contributed by atoms with Gasteiger partial charge >= 0.3 is 0 Å². The Labute approximate surface area is 88.6 Å². The van der Waals surface area contributed by atoms with Crippen molar-refractivity contribution < 1.29 is 0 Å². The van der Waals surface area contributed by atoms with Crippen molar-refractivity contribution in [3.63, 3.8) is 0 Å². The van der Waals surface area contributed by atoms with Crippen LogP contribution in [0.5, 0.6) is 0 Å². The molecule has 14 heavy (non-hydrogen) atoms. The van der Waals surface area contributed by atoms with Gasteiger partial charge in [-0.15, -0.1) is 11.3 Å². The third-order valence-electron chi connectivity index (χ3n) is 1.60. The first-order chi connectivity index (χ1) is 6.83. The van der Waals surface area contributed by atoms with Gasteiger partial charge in [-0.1, -0.05) is 38.5 Å². The predicted molar refractivity (Wildman–Crippen MR) is 62.5 cm³/mol. The molecule has 0 aliphatic carbocycles. The van der Waals surface area contributed by atoms with Gasteiger partial charge in [-0.05, 0) is 6.07 Å². The van der Waals surface area contributed by atoms with Crippen molar-refractivity contribution >= 4 is 21.4 Å². The summed E-state index contributed by atoms with van der Waals surface area (Å²) in [4.78, 5) is 0. The zero-order valence-electron chi connectivity index (χ0n) is 8.45. The molecular weight excluding hydrogens is 190 g/mol. The Kier molecular flexibility index (Phi) is 4.15. The maximum absolute atomic E-state index is 8.68. The number of benzene rings is 1. The quantitative estimate of drug-likeness (QED) is 0.629. The predicted octanol–water partition coefficient (Wildman–Crippen LogP) is 4.19. The summed E-state index contributed by atoms with van der Waals surface area (Å²) in [6, 6.07) is 10.1. The SMILES string of the molecule is CCC.N#Cc1csc2ccccc12. The molecule has 0 bridgehead atoms. The van der Waals surface area contributed by atoms with Crippen LogP contribution in [0.15, 0.2) is 29.6 Å². The topological polar surface area (TPSA) is 23.8 Å². The number of rotatable bonds is 0. The number of thiophene rings is 1. The van der Waals surface area contributed by atoms with E-state index in [1.165, 1.54) is 11.1 Å². The van der Waals surface area contributed by atoms with E-state index in [0.29, 0.717) is 0 Å². The molecule has 2 heteroatoms. The van der Waals surface area contributed by atoms with Crippen LogP contribution >= 0.6 is 11.3 Å². The van der Waals surface area contributed by atoms with Gasteiger partial charge in [-0.2, -0.15) is 5.26 Å². The van der Waals surface area contributed by atoms with Crippen molar-refractivity contribution in [2.75, 3.05) is 0 Å². The van der Waals surface area contributed by atoms with Gasteiger partial charge in [0.05, 0.1) is 5.56 Å². The highest BCUT2D eigenvalue weighted by Gasteiger charge is 1.99. The van der Waals surface area contributed by atoms with Gasteiger partial charge in [-0.3, -0.25) is 0 Å². The Bertz CT molecular complexity index is 437. The lowest BCUT2D eigenvalue weighted by Crippen LogP contribution is -1.66. The fraction of sp³-hybridized carbons (Fsp3) is 0.250. The van der Waals surface area contributed by atoms with Gasteiger partial charge < -0.3 is 0 Å². The minimum absolute atomic E-state index is 0.783. The van der Waals surface area contributed by atoms with E-state index < -0.39 is 0 Å². The lowest BCUT2D eigenvalue weighted by atomic mass is 10.2. The van der Waals surface area contributed by atoms with Crippen LogP contribution in [-0.4, -0.2) is 0 Å². The molecule has 0 saturated heterocycles. The molecule has 0 aliphatic heterocycles. The maximum atomic E-state index is 8.68. The molecule has 2 aromatic rings. The largest absolute Gasteiger partial charge is 0.192 e. The van der Waals surface area contributed by atoms with Crippen molar-refractivity contribution in [1.82, 2.24) is 0 Å². The van der Waals surface area contributed by atoms with Crippen molar-refractivity contribution in [1.29, 1.82) is 5.26 Å². The van der Waals surface area contributed by atoms with Crippen molar-refractivity contribution in [2.24, 2.45) is 0 Å². The second kappa shape index (κ2) is 5.41. The van der Waals surface area contributed by atoms with E-state index in [1.54, 1.807) is 11.3 Å².